The maximum absolute atomic E-state index is 12.8. The van der Waals surface area contributed by atoms with Gasteiger partial charge in [-0.3, -0.25) is 24.8 Å². The topological polar surface area (TPSA) is 143 Å². The lowest BCUT2D eigenvalue weighted by atomic mass is 9.99. The van der Waals surface area contributed by atoms with Crippen LogP contribution in [-0.2, 0) is 22.6 Å². The molecule has 0 bridgehead atoms. The number of carbonyl (C=O) groups excluding carboxylic acids is 1. The van der Waals surface area contributed by atoms with E-state index in [1.54, 1.807) is 12.1 Å². The zero-order valence-electron chi connectivity index (χ0n) is 27.4. The summed E-state index contributed by atoms with van der Waals surface area (Å²) in [5.74, 6) is -0.294. The number of carbonyl (C=O) groups is 1. The standard InChI is InChI=1S/C38H38N6O6/c45-25-27-7-9-28(10-8-27)36-21-32(24-42-17-19-43(20-18-42)30-13-15-31(16-14-30)44(47)48)49-38(50-36)29-11-5-26(6-12-29)22-40-37(46)35-23-39-33-3-1-2-4-34(33)41-35/h1-16,23,32,36,38,45H,17-22,24-25H2,(H,40,46). The molecule has 3 heterocycles. The smallest absolute Gasteiger partial charge is 0.271 e. The van der Waals surface area contributed by atoms with Crippen molar-refractivity contribution in [2.75, 3.05) is 37.6 Å². The van der Waals surface area contributed by atoms with Gasteiger partial charge in [0.15, 0.2) is 6.29 Å². The number of amides is 1. The molecule has 7 rings (SSSR count). The van der Waals surface area contributed by atoms with Gasteiger partial charge in [-0.25, -0.2) is 4.98 Å². The van der Waals surface area contributed by atoms with E-state index in [1.807, 2.05) is 84.9 Å². The number of non-ortho nitro benzene ring substituents is 1. The van der Waals surface area contributed by atoms with Gasteiger partial charge in [0.1, 0.15) is 5.69 Å². The minimum absolute atomic E-state index is 0.0194. The third-order valence-corrected chi connectivity index (χ3v) is 9.26. The van der Waals surface area contributed by atoms with Crippen molar-refractivity contribution in [1.82, 2.24) is 20.2 Å². The van der Waals surface area contributed by atoms with Crippen molar-refractivity contribution in [1.29, 1.82) is 0 Å². The molecule has 2 aliphatic heterocycles. The minimum Gasteiger partial charge on any atom is -0.392 e. The monoisotopic (exact) mass is 674 g/mol. The summed E-state index contributed by atoms with van der Waals surface area (Å²) >= 11 is 0. The number of nitrogens with one attached hydrogen (secondary N) is 1. The number of para-hydroxylation sites is 2. The molecule has 0 radical (unpaired) electrons. The van der Waals surface area contributed by atoms with Gasteiger partial charge in [-0.05, 0) is 41.0 Å². The Morgan fingerprint density at radius 1 is 0.860 bits per heavy atom. The van der Waals surface area contributed by atoms with Crippen LogP contribution in [0.1, 0.15) is 51.6 Å². The number of nitrogens with zero attached hydrogens (tertiary/aromatic N) is 5. The molecule has 50 heavy (non-hydrogen) atoms. The lowest BCUT2D eigenvalue weighted by molar-refractivity contribution is -0.384. The number of rotatable bonds is 10. The summed E-state index contributed by atoms with van der Waals surface area (Å²) in [6.07, 6.45) is 1.29. The zero-order valence-corrected chi connectivity index (χ0v) is 27.4. The Balaban J connectivity index is 0.994. The van der Waals surface area contributed by atoms with E-state index < -0.39 is 6.29 Å². The molecular weight excluding hydrogens is 636 g/mol. The molecule has 1 amide bonds. The first-order valence-electron chi connectivity index (χ1n) is 16.7. The Kier molecular flexibility index (Phi) is 10.0. The van der Waals surface area contributed by atoms with Crippen LogP contribution in [0.2, 0.25) is 0 Å². The summed E-state index contributed by atoms with van der Waals surface area (Å²) in [5.41, 5.74) is 6.41. The van der Waals surface area contributed by atoms with Gasteiger partial charge in [-0.15, -0.1) is 0 Å². The number of piperazine rings is 1. The van der Waals surface area contributed by atoms with Crippen LogP contribution in [0.5, 0.6) is 0 Å². The summed E-state index contributed by atoms with van der Waals surface area (Å²) in [5, 5.41) is 23.5. The molecule has 12 nitrogen and oxygen atoms in total. The molecule has 3 atom stereocenters. The second kappa shape index (κ2) is 15.1. The van der Waals surface area contributed by atoms with E-state index in [2.05, 4.69) is 25.1 Å². The first kappa shape index (κ1) is 33.2. The SMILES string of the molecule is O=C(NCc1ccc(C2OC(CN3CCN(c4ccc([N+](=O)[O-])cc4)CC3)CC(c3ccc(CO)cc3)O2)cc1)c1cnc2ccccc2n1. The van der Waals surface area contributed by atoms with Crippen molar-refractivity contribution in [2.24, 2.45) is 0 Å². The average Bonchev–Trinajstić information content (AvgIpc) is 3.17. The number of fused-ring (bicyclic) bond motifs is 1. The molecule has 5 aromatic rings. The highest BCUT2D eigenvalue weighted by atomic mass is 16.7. The van der Waals surface area contributed by atoms with Crippen LogP contribution in [0.4, 0.5) is 11.4 Å². The van der Waals surface area contributed by atoms with E-state index >= 15 is 0 Å². The lowest BCUT2D eigenvalue weighted by Gasteiger charge is -2.41. The molecule has 2 saturated heterocycles. The second-order valence-electron chi connectivity index (χ2n) is 12.6. The van der Waals surface area contributed by atoms with Crippen LogP contribution in [0, 0.1) is 10.1 Å². The quantitative estimate of drug-likeness (QED) is 0.147. The van der Waals surface area contributed by atoms with Crippen LogP contribution in [0.25, 0.3) is 11.0 Å². The van der Waals surface area contributed by atoms with Crippen molar-refractivity contribution in [2.45, 2.75) is 38.1 Å². The van der Waals surface area contributed by atoms with Crippen LogP contribution in [0.3, 0.4) is 0 Å². The highest BCUT2D eigenvalue weighted by Crippen LogP contribution is 2.38. The largest absolute Gasteiger partial charge is 0.392 e. The fourth-order valence-electron chi connectivity index (χ4n) is 6.43. The third kappa shape index (κ3) is 7.79. The average molecular weight is 675 g/mol. The predicted octanol–water partition coefficient (Wildman–Crippen LogP) is 5.33. The van der Waals surface area contributed by atoms with Crippen molar-refractivity contribution in [3.8, 4) is 0 Å². The molecule has 4 aromatic carbocycles. The Morgan fingerprint density at radius 2 is 1.54 bits per heavy atom. The first-order chi connectivity index (χ1) is 24.4. The van der Waals surface area contributed by atoms with Gasteiger partial charge in [0.2, 0.25) is 0 Å². The molecule has 2 aliphatic rings. The van der Waals surface area contributed by atoms with Gasteiger partial charge in [0, 0.05) is 69.1 Å². The molecule has 256 valence electrons. The highest BCUT2D eigenvalue weighted by Gasteiger charge is 2.34. The third-order valence-electron chi connectivity index (χ3n) is 9.26. The van der Waals surface area contributed by atoms with Crippen molar-refractivity contribution in [3.63, 3.8) is 0 Å². The van der Waals surface area contributed by atoms with Gasteiger partial charge >= 0.3 is 0 Å². The van der Waals surface area contributed by atoms with E-state index in [9.17, 15) is 20.0 Å². The van der Waals surface area contributed by atoms with Crippen LogP contribution in [-0.4, -0.2) is 69.6 Å². The van der Waals surface area contributed by atoms with Gasteiger partial charge < -0.3 is 24.8 Å². The summed E-state index contributed by atoms with van der Waals surface area (Å²) in [4.78, 5) is 36.9. The number of hydrogen-bond donors (Lipinski definition) is 2. The number of aromatic nitrogens is 2. The highest BCUT2D eigenvalue weighted by molar-refractivity contribution is 5.93. The van der Waals surface area contributed by atoms with Gasteiger partial charge in [0.25, 0.3) is 11.6 Å². The van der Waals surface area contributed by atoms with Crippen molar-refractivity contribution >= 4 is 28.3 Å². The number of nitro groups is 1. The Morgan fingerprint density at radius 3 is 2.24 bits per heavy atom. The predicted molar refractivity (Wildman–Crippen MR) is 187 cm³/mol. The zero-order chi connectivity index (χ0) is 34.5. The summed E-state index contributed by atoms with van der Waals surface area (Å²) in [6.45, 7) is 4.33. The minimum atomic E-state index is -0.589. The molecule has 2 fully saturated rings. The molecule has 3 unspecified atom stereocenters. The second-order valence-corrected chi connectivity index (χ2v) is 12.6. The van der Waals surface area contributed by atoms with E-state index in [-0.39, 0.29) is 41.0 Å². The molecule has 0 saturated carbocycles. The molecule has 12 heteroatoms. The number of hydrogen-bond acceptors (Lipinski definition) is 10. The van der Waals surface area contributed by atoms with Crippen molar-refractivity contribution < 1.29 is 24.3 Å². The van der Waals surface area contributed by atoms with Gasteiger partial charge in [0.05, 0.1) is 41.0 Å². The Hall–Kier alpha value is -5.27. The van der Waals surface area contributed by atoms with Crippen LogP contribution < -0.4 is 10.2 Å². The van der Waals surface area contributed by atoms with Crippen molar-refractivity contribution in [3.05, 3.63) is 141 Å². The van der Waals surface area contributed by atoms with Gasteiger partial charge in [-0.1, -0.05) is 60.7 Å². The number of aliphatic hydroxyl groups is 1. The maximum Gasteiger partial charge on any atom is 0.271 e. The number of benzene rings is 4. The van der Waals surface area contributed by atoms with E-state index in [0.717, 1.165) is 66.2 Å². The van der Waals surface area contributed by atoms with E-state index in [4.69, 9.17) is 9.47 Å². The number of anilines is 1. The summed E-state index contributed by atoms with van der Waals surface area (Å²) in [7, 11) is 0. The van der Waals surface area contributed by atoms with Crippen LogP contribution >= 0.6 is 0 Å². The van der Waals surface area contributed by atoms with E-state index in [0.29, 0.717) is 18.5 Å². The lowest BCUT2D eigenvalue weighted by Crippen LogP contribution is -2.49. The normalized spacial score (nSPS) is 19.7. The number of nitro benzene ring substituents is 1. The number of aliphatic hydroxyl groups excluding tert-OH is 1. The maximum atomic E-state index is 12.8. The molecule has 2 N–H and O–H groups in total. The van der Waals surface area contributed by atoms with E-state index in [1.165, 1.54) is 6.20 Å². The molecular formula is C38H38N6O6. The Bertz CT molecular complexity index is 1930. The van der Waals surface area contributed by atoms with Crippen LogP contribution in [0.15, 0.2) is 103 Å². The van der Waals surface area contributed by atoms with Gasteiger partial charge in [-0.2, -0.15) is 0 Å². The molecule has 1 aromatic heterocycles. The first-order valence-corrected chi connectivity index (χ1v) is 16.7. The molecule has 0 spiro atoms. The fraction of sp³-hybridized carbons (Fsp3) is 0.289. The fourth-order valence-corrected chi connectivity index (χ4v) is 6.43. The molecule has 0 aliphatic carbocycles. The summed E-state index contributed by atoms with van der Waals surface area (Å²) < 4.78 is 13.1. The summed E-state index contributed by atoms with van der Waals surface area (Å²) in [6, 6.07) is 29.9. The Labute approximate surface area is 289 Å². The number of ether oxygens (including phenoxy) is 2.